The standard InChI is InChI=1S/C15H23N3O2/c19-10-8-14(12-5-2-1-3-6-12)18-15(20)17-13-7-4-9-16-11-13/h4,7,9,11-12,14,19H,1-3,5-6,8,10H2,(H2,17,18,20). The molecule has 1 saturated carbocycles. The first kappa shape index (κ1) is 14.8. The van der Waals surface area contributed by atoms with Crippen molar-refractivity contribution >= 4 is 11.7 Å². The Morgan fingerprint density at radius 2 is 2.20 bits per heavy atom. The lowest BCUT2D eigenvalue weighted by atomic mass is 9.83. The van der Waals surface area contributed by atoms with Gasteiger partial charge < -0.3 is 15.7 Å². The second-order valence-electron chi connectivity index (χ2n) is 5.36. The van der Waals surface area contributed by atoms with Crippen molar-refractivity contribution in [2.75, 3.05) is 11.9 Å². The van der Waals surface area contributed by atoms with E-state index in [0.29, 0.717) is 18.0 Å². The zero-order chi connectivity index (χ0) is 14.2. The van der Waals surface area contributed by atoms with E-state index in [9.17, 15) is 9.90 Å². The predicted octanol–water partition coefficient (Wildman–Crippen LogP) is 2.53. The van der Waals surface area contributed by atoms with Crippen molar-refractivity contribution in [3.63, 3.8) is 0 Å². The van der Waals surface area contributed by atoms with Crippen molar-refractivity contribution in [3.8, 4) is 0 Å². The molecule has 1 aromatic rings. The van der Waals surface area contributed by atoms with Crippen LogP contribution in [0.5, 0.6) is 0 Å². The van der Waals surface area contributed by atoms with E-state index in [0.717, 1.165) is 12.8 Å². The van der Waals surface area contributed by atoms with Crippen molar-refractivity contribution in [2.24, 2.45) is 5.92 Å². The molecule has 0 aliphatic heterocycles. The second kappa shape index (κ2) is 7.85. The van der Waals surface area contributed by atoms with Crippen LogP contribution >= 0.6 is 0 Å². The van der Waals surface area contributed by atoms with Crippen LogP contribution in [0.4, 0.5) is 10.5 Å². The maximum absolute atomic E-state index is 12.0. The Hall–Kier alpha value is -1.62. The van der Waals surface area contributed by atoms with E-state index < -0.39 is 0 Å². The molecule has 1 heterocycles. The van der Waals surface area contributed by atoms with E-state index in [1.165, 1.54) is 19.3 Å². The highest BCUT2D eigenvalue weighted by Gasteiger charge is 2.24. The number of aliphatic hydroxyl groups is 1. The van der Waals surface area contributed by atoms with Gasteiger partial charge in [-0.2, -0.15) is 0 Å². The van der Waals surface area contributed by atoms with E-state index in [1.807, 2.05) is 0 Å². The highest BCUT2D eigenvalue weighted by Crippen LogP contribution is 2.27. The number of hydrogen-bond acceptors (Lipinski definition) is 3. The minimum absolute atomic E-state index is 0.0528. The van der Waals surface area contributed by atoms with Crippen LogP contribution in [-0.4, -0.2) is 28.8 Å². The topological polar surface area (TPSA) is 74.2 Å². The van der Waals surface area contributed by atoms with Crippen molar-refractivity contribution in [2.45, 2.75) is 44.6 Å². The zero-order valence-corrected chi connectivity index (χ0v) is 11.7. The molecule has 1 unspecified atom stereocenters. The zero-order valence-electron chi connectivity index (χ0n) is 11.7. The van der Waals surface area contributed by atoms with Crippen molar-refractivity contribution in [1.29, 1.82) is 0 Å². The number of rotatable bonds is 5. The molecule has 1 aromatic heterocycles. The van der Waals surface area contributed by atoms with Crippen LogP contribution in [0.3, 0.4) is 0 Å². The van der Waals surface area contributed by atoms with E-state index >= 15 is 0 Å². The van der Waals surface area contributed by atoms with E-state index in [1.54, 1.807) is 24.5 Å². The minimum atomic E-state index is -0.220. The number of carbonyl (C=O) groups excluding carboxylic acids is 1. The van der Waals surface area contributed by atoms with E-state index in [2.05, 4.69) is 15.6 Å². The molecule has 110 valence electrons. The number of hydrogen-bond donors (Lipinski definition) is 3. The Kier molecular flexibility index (Phi) is 5.80. The number of anilines is 1. The summed E-state index contributed by atoms with van der Waals surface area (Å²) in [6.45, 7) is 0.105. The summed E-state index contributed by atoms with van der Waals surface area (Å²) in [6.07, 6.45) is 9.89. The Morgan fingerprint density at radius 3 is 2.85 bits per heavy atom. The molecule has 3 N–H and O–H groups in total. The van der Waals surface area contributed by atoms with Gasteiger partial charge in [-0.25, -0.2) is 4.79 Å². The molecule has 0 radical (unpaired) electrons. The SMILES string of the molecule is O=C(Nc1cccnc1)NC(CCO)C1CCCCC1. The summed E-state index contributed by atoms with van der Waals surface area (Å²) in [5.74, 6) is 0.482. The Labute approximate surface area is 119 Å². The number of aromatic nitrogens is 1. The van der Waals surface area contributed by atoms with Crippen LogP contribution in [-0.2, 0) is 0 Å². The summed E-state index contributed by atoms with van der Waals surface area (Å²) in [5, 5.41) is 15.0. The summed E-state index contributed by atoms with van der Waals surface area (Å²) in [7, 11) is 0. The lowest BCUT2D eigenvalue weighted by molar-refractivity contribution is 0.202. The molecule has 20 heavy (non-hydrogen) atoms. The van der Waals surface area contributed by atoms with Gasteiger partial charge in [-0.05, 0) is 37.3 Å². The summed E-state index contributed by atoms with van der Waals surface area (Å²) in [5.41, 5.74) is 0.677. The molecular weight excluding hydrogens is 254 g/mol. The summed E-state index contributed by atoms with van der Waals surface area (Å²) < 4.78 is 0. The first-order valence-electron chi connectivity index (χ1n) is 7.38. The maximum Gasteiger partial charge on any atom is 0.319 e. The fourth-order valence-corrected chi connectivity index (χ4v) is 2.87. The molecule has 1 aliphatic carbocycles. The van der Waals surface area contributed by atoms with Crippen LogP contribution in [0.15, 0.2) is 24.5 Å². The molecule has 1 aliphatic rings. The average Bonchev–Trinajstić information content (AvgIpc) is 2.49. The Morgan fingerprint density at radius 1 is 1.40 bits per heavy atom. The monoisotopic (exact) mass is 277 g/mol. The number of aliphatic hydroxyl groups excluding tert-OH is 1. The molecule has 5 heteroatoms. The average molecular weight is 277 g/mol. The summed E-state index contributed by atoms with van der Waals surface area (Å²) in [6, 6.07) is 3.41. The number of nitrogens with zero attached hydrogens (tertiary/aromatic N) is 1. The maximum atomic E-state index is 12.0. The molecule has 1 atom stereocenters. The molecule has 0 aromatic carbocycles. The van der Waals surface area contributed by atoms with Crippen molar-refractivity contribution in [3.05, 3.63) is 24.5 Å². The van der Waals surface area contributed by atoms with Gasteiger partial charge in [0.05, 0.1) is 11.9 Å². The van der Waals surface area contributed by atoms with Crippen molar-refractivity contribution < 1.29 is 9.90 Å². The van der Waals surface area contributed by atoms with Gasteiger partial charge in [0.15, 0.2) is 0 Å². The molecule has 0 bridgehead atoms. The first-order chi connectivity index (χ1) is 9.79. The minimum Gasteiger partial charge on any atom is -0.396 e. The van der Waals surface area contributed by atoms with Crippen molar-refractivity contribution in [1.82, 2.24) is 10.3 Å². The van der Waals surface area contributed by atoms with Crippen LogP contribution in [0.25, 0.3) is 0 Å². The third-order valence-electron chi connectivity index (χ3n) is 3.89. The molecule has 5 nitrogen and oxygen atoms in total. The molecular formula is C15H23N3O2. The number of amides is 2. The van der Waals surface area contributed by atoms with Gasteiger partial charge in [0.1, 0.15) is 0 Å². The van der Waals surface area contributed by atoms with Crippen LogP contribution < -0.4 is 10.6 Å². The van der Waals surface area contributed by atoms with E-state index in [4.69, 9.17) is 0 Å². The fraction of sp³-hybridized carbons (Fsp3) is 0.600. The van der Waals surface area contributed by atoms with Gasteiger partial charge in [0.25, 0.3) is 0 Å². The van der Waals surface area contributed by atoms with Gasteiger partial charge in [0.2, 0.25) is 0 Å². The lowest BCUT2D eigenvalue weighted by Gasteiger charge is -2.30. The Bertz CT molecular complexity index is 405. The fourth-order valence-electron chi connectivity index (χ4n) is 2.87. The lowest BCUT2D eigenvalue weighted by Crippen LogP contribution is -2.43. The second-order valence-corrected chi connectivity index (χ2v) is 5.36. The normalized spacial score (nSPS) is 17.4. The number of pyridine rings is 1. The number of nitrogens with one attached hydrogen (secondary N) is 2. The number of carbonyl (C=O) groups is 1. The van der Waals surface area contributed by atoms with E-state index in [-0.39, 0.29) is 18.7 Å². The molecule has 2 amide bonds. The summed E-state index contributed by atoms with van der Waals surface area (Å²) >= 11 is 0. The highest BCUT2D eigenvalue weighted by molar-refractivity contribution is 5.89. The van der Waals surface area contributed by atoms with Gasteiger partial charge in [-0.15, -0.1) is 0 Å². The molecule has 1 fully saturated rings. The largest absolute Gasteiger partial charge is 0.396 e. The third-order valence-corrected chi connectivity index (χ3v) is 3.89. The highest BCUT2D eigenvalue weighted by atomic mass is 16.3. The smallest absolute Gasteiger partial charge is 0.319 e. The van der Waals surface area contributed by atoms with Gasteiger partial charge in [-0.1, -0.05) is 19.3 Å². The molecule has 2 rings (SSSR count). The Balaban J connectivity index is 1.88. The van der Waals surface area contributed by atoms with Crippen LogP contribution in [0.1, 0.15) is 38.5 Å². The van der Waals surface area contributed by atoms with Gasteiger partial charge in [-0.3, -0.25) is 4.98 Å². The molecule has 0 spiro atoms. The summed E-state index contributed by atoms with van der Waals surface area (Å²) in [4.78, 5) is 16.0. The van der Waals surface area contributed by atoms with Crippen LogP contribution in [0.2, 0.25) is 0 Å². The van der Waals surface area contributed by atoms with Crippen LogP contribution in [0, 0.1) is 5.92 Å². The third kappa shape index (κ3) is 4.49. The quantitative estimate of drug-likeness (QED) is 0.774. The first-order valence-corrected chi connectivity index (χ1v) is 7.38. The predicted molar refractivity (Wildman–Crippen MR) is 78.5 cm³/mol. The molecule has 0 saturated heterocycles. The van der Waals surface area contributed by atoms with Gasteiger partial charge in [0, 0.05) is 18.8 Å². The van der Waals surface area contributed by atoms with Gasteiger partial charge >= 0.3 is 6.03 Å². The number of urea groups is 1.